The lowest BCUT2D eigenvalue weighted by molar-refractivity contribution is 0.0980. The number of hydrogen-bond donors (Lipinski definition) is 5. The number of carbonyl (C=O) groups is 2. The maximum atomic E-state index is 12.3. The smallest absolute Gasteiger partial charge is 0.397 e. The van der Waals surface area contributed by atoms with Crippen LogP contribution >= 0.6 is 7.82 Å². The summed E-state index contributed by atoms with van der Waals surface area (Å²) in [7, 11) is -4.36. The number of carbonyl (C=O) groups excluding carboxylic acids is 2. The number of phosphoric ester groups is 1. The van der Waals surface area contributed by atoms with Crippen molar-refractivity contribution >= 4 is 30.8 Å². The highest BCUT2D eigenvalue weighted by Crippen LogP contribution is 2.37. The average Bonchev–Trinajstić information content (AvgIpc) is 2.61. The van der Waals surface area contributed by atoms with Gasteiger partial charge >= 0.3 is 7.82 Å². The van der Waals surface area contributed by atoms with Gasteiger partial charge in [0.05, 0.1) is 16.9 Å². The van der Waals surface area contributed by atoms with Crippen molar-refractivity contribution in [3.05, 3.63) is 58.7 Å². The number of nitrogens with two attached hydrogens (primary N) is 3. The molecule has 10 heteroatoms. The molecule has 0 heterocycles. The van der Waals surface area contributed by atoms with Crippen molar-refractivity contribution in [2.75, 3.05) is 11.5 Å². The van der Waals surface area contributed by atoms with Gasteiger partial charge in [0.1, 0.15) is 6.23 Å². The Balaban J connectivity index is 0.000000249. The Bertz CT molecular complexity index is 940. The van der Waals surface area contributed by atoms with E-state index in [1.54, 1.807) is 43.3 Å². The van der Waals surface area contributed by atoms with E-state index in [9.17, 15) is 14.2 Å². The molecule has 9 nitrogen and oxygen atoms in total. The number of ketones is 2. The van der Waals surface area contributed by atoms with Crippen LogP contribution in [0.25, 0.3) is 0 Å². The molecule has 1 unspecified atom stereocenters. The van der Waals surface area contributed by atoms with E-state index in [0.29, 0.717) is 28.8 Å². The van der Waals surface area contributed by atoms with Crippen LogP contribution in [0.4, 0.5) is 11.4 Å². The fourth-order valence-corrected chi connectivity index (χ4v) is 2.98. The van der Waals surface area contributed by atoms with Crippen molar-refractivity contribution in [1.29, 1.82) is 0 Å². The van der Waals surface area contributed by atoms with Crippen LogP contribution in [0.15, 0.2) is 36.4 Å². The molecule has 0 saturated heterocycles. The first-order valence-corrected chi connectivity index (χ1v) is 9.45. The lowest BCUT2D eigenvalue weighted by atomic mass is 9.83. The van der Waals surface area contributed by atoms with Gasteiger partial charge in [-0.2, -0.15) is 0 Å². The molecule has 1 aliphatic rings. The largest absolute Gasteiger partial charge is 0.471 e. The summed E-state index contributed by atoms with van der Waals surface area (Å²) in [4.78, 5) is 40.9. The Morgan fingerprint density at radius 2 is 1.56 bits per heavy atom. The molecule has 0 radical (unpaired) electrons. The summed E-state index contributed by atoms with van der Waals surface area (Å²) in [5.41, 5.74) is 18.4. The minimum atomic E-state index is -4.36. The summed E-state index contributed by atoms with van der Waals surface area (Å²) in [5, 5.41) is 0. The number of nitrogen functional groups attached to an aromatic ring is 2. The van der Waals surface area contributed by atoms with Crippen molar-refractivity contribution in [2.24, 2.45) is 5.73 Å². The zero-order valence-electron chi connectivity index (χ0n) is 14.5. The number of fused-ring (bicyclic) bond motifs is 2. The van der Waals surface area contributed by atoms with Crippen molar-refractivity contribution in [3.8, 4) is 0 Å². The standard InChI is InChI=1S/C14H10N2O2.C3H10NO4P/c15-10-6-5-9-11(12(10)16)14(18)8-4-2-1-3-7(8)13(9)17;1-2-3(4)8-9(5,6)7/h1-6H,15-16H2;3H,2,4H2,1H3,(H2,5,6,7). The molecule has 0 aliphatic heterocycles. The molecular formula is C17H20N3O6P. The maximum absolute atomic E-state index is 12.3. The third-order valence-corrected chi connectivity index (χ3v) is 4.39. The second kappa shape index (κ2) is 7.99. The van der Waals surface area contributed by atoms with Gasteiger partial charge in [-0.05, 0) is 18.6 Å². The molecule has 0 amide bonds. The SMILES string of the molecule is CCC(N)OP(=O)(O)O.Nc1ccc2c(c1N)C(=O)c1ccccc1C2=O. The predicted molar refractivity (Wildman–Crippen MR) is 100.0 cm³/mol. The first-order chi connectivity index (χ1) is 12.6. The Hall–Kier alpha value is -2.55. The van der Waals surface area contributed by atoms with Gasteiger partial charge in [0, 0.05) is 16.7 Å². The van der Waals surface area contributed by atoms with E-state index in [1.807, 2.05) is 0 Å². The molecule has 1 atom stereocenters. The molecule has 1 aliphatic carbocycles. The second-order valence-electron chi connectivity index (χ2n) is 5.74. The van der Waals surface area contributed by atoms with Gasteiger partial charge in [0.2, 0.25) is 0 Å². The fraction of sp³-hybridized carbons (Fsp3) is 0.176. The molecule has 0 spiro atoms. The molecule has 0 bridgehead atoms. The Morgan fingerprint density at radius 1 is 1.00 bits per heavy atom. The van der Waals surface area contributed by atoms with Crippen LogP contribution < -0.4 is 17.2 Å². The normalized spacial score (nSPS) is 13.9. The summed E-state index contributed by atoms with van der Waals surface area (Å²) in [5.74, 6) is -0.433. The number of benzene rings is 2. The van der Waals surface area contributed by atoms with Crippen LogP contribution in [0.2, 0.25) is 0 Å². The van der Waals surface area contributed by atoms with E-state index in [4.69, 9.17) is 27.0 Å². The number of rotatable bonds is 3. The van der Waals surface area contributed by atoms with Crippen LogP contribution in [0.1, 0.15) is 45.2 Å². The zero-order valence-corrected chi connectivity index (χ0v) is 15.3. The van der Waals surface area contributed by atoms with Crippen molar-refractivity contribution < 1.29 is 28.5 Å². The average molecular weight is 393 g/mol. The zero-order chi connectivity index (χ0) is 20.4. The number of hydrogen-bond acceptors (Lipinski definition) is 7. The minimum Gasteiger partial charge on any atom is -0.397 e. The second-order valence-corrected chi connectivity index (χ2v) is 6.93. The van der Waals surface area contributed by atoms with Crippen molar-refractivity contribution in [2.45, 2.75) is 19.6 Å². The molecule has 144 valence electrons. The molecular weight excluding hydrogens is 373 g/mol. The lowest BCUT2D eigenvalue weighted by Gasteiger charge is -2.19. The van der Waals surface area contributed by atoms with E-state index >= 15 is 0 Å². The van der Waals surface area contributed by atoms with Gasteiger partial charge in [0.15, 0.2) is 11.6 Å². The summed E-state index contributed by atoms with van der Waals surface area (Å²) >= 11 is 0. The highest BCUT2D eigenvalue weighted by atomic mass is 31.2. The quantitative estimate of drug-likeness (QED) is 0.250. The van der Waals surface area contributed by atoms with Gasteiger partial charge in [0.25, 0.3) is 0 Å². The van der Waals surface area contributed by atoms with Crippen LogP contribution in [-0.2, 0) is 9.09 Å². The minimum absolute atomic E-state index is 0.181. The third kappa shape index (κ3) is 4.60. The number of anilines is 2. The van der Waals surface area contributed by atoms with E-state index in [-0.39, 0.29) is 22.8 Å². The van der Waals surface area contributed by atoms with E-state index in [1.165, 1.54) is 0 Å². The Morgan fingerprint density at radius 3 is 2.04 bits per heavy atom. The third-order valence-electron chi connectivity index (χ3n) is 3.84. The van der Waals surface area contributed by atoms with E-state index in [2.05, 4.69) is 4.52 Å². The van der Waals surface area contributed by atoms with Crippen LogP contribution in [0.3, 0.4) is 0 Å². The van der Waals surface area contributed by atoms with Gasteiger partial charge in [-0.25, -0.2) is 4.57 Å². The van der Waals surface area contributed by atoms with Crippen molar-refractivity contribution in [3.63, 3.8) is 0 Å². The topological polar surface area (TPSA) is 179 Å². The monoisotopic (exact) mass is 393 g/mol. The van der Waals surface area contributed by atoms with Crippen LogP contribution in [0.5, 0.6) is 0 Å². The van der Waals surface area contributed by atoms with E-state index < -0.39 is 14.1 Å². The lowest BCUT2D eigenvalue weighted by Crippen LogP contribution is -2.22. The summed E-state index contributed by atoms with van der Waals surface area (Å²) < 4.78 is 14.0. The maximum Gasteiger partial charge on any atom is 0.471 e. The Kier molecular flexibility index (Phi) is 6.15. The molecule has 0 saturated carbocycles. The number of phosphoric acid groups is 1. The highest BCUT2D eigenvalue weighted by molar-refractivity contribution is 7.46. The predicted octanol–water partition coefficient (Wildman–Crippen LogP) is 1.42. The van der Waals surface area contributed by atoms with Gasteiger partial charge < -0.3 is 27.0 Å². The van der Waals surface area contributed by atoms with E-state index in [0.717, 1.165) is 0 Å². The summed E-state index contributed by atoms with van der Waals surface area (Å²) in [6.07, 6.45) is -0.490. The molecule has 8 N–H and O–H groups in total. The molecule has 3 rings (SSSR count). The highest BCUT2D eigenvalue weighted by Gasteiger charge is 2.31. The molecule has 2 aromatic carbocycles. The van der Waals surface area contributed by atoms with Crippen molar-refractivity contribution in [1.82, 2.24) is 0 Å². The molecule has 27 heavy (non-hydrogen) atoms. The summed E-state index contributed by atoms with van der Waals surface area (Å²) in [6, 6.07) is 9.82. The first kappa shape index (κ1) is 20.8. The molecule has 2 aromatic rings. The van der Waals surface area contributed by atoms with Gasteiger partial charge in [-0.3, -0.25) is 14.1 Å². The molecule has 0 aromatic heterocycles. The van der Waals surface area contributed by atoms with Crippen LogP contribution in [0, 0.1) is 0 Å². The van der Waals surface area contributed by atoms with Crippen LogP contribution in [-0.4, -0.2) is 27.6 Å². The Labute approximate surface area is 155 Å². The van der Waals surface area contributed by atoms with Gasteiger partial charge in [-0.15, -0.1) is 0 Å². The fourth-order valence-electron chi connectivity index (χ4n) is 2.48. The van der Waals surface area contributed by atoms with Gasteiger partial charge in [-0.1, -0.05) is 31.2 Å². The molecule has 0 fully saturated rings. The first-order valence-electron chi connectivity index (χ1n) is 7.92. The summed E-state index contributed by atoms with van der Waals surface area (Å²) in [6.45, 7) is 1.67.